The van der Waals surface area contributed by atoms with Gasteiger partial charge in [-0.1, -0.05) is 0 Å². The number of carbonyl (C=O) groups excluding carboxylic acids is 1. The minimum atomic E-state index is -0.212. The van der Waals surface area contributed by atoms with E-state index in [4.69, 9.17) is 4.74 Å². The van der Waals surface area contributed by atoms with Crippen LogP contribution in [0.3, 0.4) is 0 Å². The number of aromatic nitrogens is 2. The highest BCUT2D eigenvalue weighted by molar-refractivity contribution is 5.76. The van der Waals surface area contributed by atoms with Crippen molar-refractivity contribution in [3.8, 4) is 0 Å². The van der Waals surface area contributed by atoms with Gasteiger partial charge in [0.25, 0.3) is 0 Å². The Morgan fingerprint density at radius 3 is 3.05 bits per heavy atom. The van der Waals surface area contributed by atoms with Gasteiger partial charge >= 0.3 is 0 Å². The number of aliphatic hydroxyl groups excluding tert-OH is 1. The van der Waals surface area contributed by atoms with Gasteiger partial charge in [0.2, 0.25) is 5.91 Å². The molecule has 1 saturated heterocycles. The second kappa shape index (κ2) is 8.19. The lowest BCUT2D eigenvalue weighted by atomic mass is 9.78. The maximum Gasteiger partial charge on any atom is 0.222 e. The van der Waals surface area contributed by atoms with Crippen molar-refractivity contribution in [2.75, 3.05) is 33.4 Å². The monoisotopic (exact) mass is 307 g/mol. The van der Waals surface area contributed by atoms with Crippen molar-refractivity contribution in [1.29, 1.82) is 0 Å². The maximum atomic E-state index is 12.4. The molecule has 1 aromatic heterocycles. The molecular weight excluding hydrogens is 282 g/mol. The number of rotatable bonds is 7. The van der Waals surface area contributed by atoms with Crippen LogP contribution in [0.1, 0.15) is 31.4 Å². The number of hydrogen-bond donors (Lipinski definition) is 1. The summed E-state index contributed by atoms with van der Waals surface area (Å²) in [6.07, 6.45) is 8.66. The summed E-state index contributed by atoms with van der Waals surface area (Å²) in [7, 11) is 1.66. The van der Waals surface area contributed by atoms with Gasteiger partial charge in [-0.2, -0.15) is 0 Å². The maximum absolute atomic E-state index is 12.4. The van der Waals surface area contributed by atoms with E-state index in [2.05, 4.69) is 9.97 Å². The molecule has 122 valence electrons. The zero-order valence-corrected chi connectivity index (χ0v) is 13.2. The van der Waals surface area contributed by atoms with Crippen LogP contribution in [0.2, 0.25) is 0 Å². The number of carbonyl (C=O) groups is 1. The Bertz CT molecular complexity index is 469. The molecule has 1 N–H and O–H groups in total. The minimum absolute atomic E-state index is 0.101. The predicted molar refractivity (Wildman–Crippen MR) is 82.2 cm³/mol. The van der Waals surface area contributed by atoms with Crippen molar-refractivity contribution in [2.45, 2.75) is 32.1 Å². The van der Waals surface area contributed by atoms with Crippen molar-refractivity contribution < 1.29 is 14.6 Å². The number of aliphatic hydroxyl groups is 1. The first-order chi connectivity index (χ1) is 10.7. The number of amides is 1. The Labute approximate surface area is 131 Å². The van der Waals surface area contributed by atoms with Crippen LogP contribution in [0.4, 0.5) is 0 Å². The van der Waals surface area contributed by atoms with Crippen molar-refractivity contribution in [3.63, 3.8) is 0 Å². The van der Waals surface area contributed by atoms with E-state index in [0.29, 0.717) is 26.0 Å². The molecule has 0 unspecified atom stereocenters. The normalized spacial score (nSPS) is 21.8. The molecule has 1 fully saturated rings. The largest absolute Gasteiger partial charge is 0.396 e. The average molecular weight is 307 g/mol. The van der Waals surface area contributed by atoms with Gasteiger partial charge in [0.05, 0.1) is 12.3 Å². The summed E-state index contributed by atoms with van der Waals surface area (Å²) < 4.78 is 5.14. The van der Waals surface area contributed by atoms with Gasteiger partial charge < -0.3 is 14.7 Å². The van der Waals surface area contributed by atoms with Crippen LogP contribution in [0.5, 0.6) is 0 Å². The fourth-order valence-corrected chi connectivity index (χ4v) is 3.00. The zero-order chi connectivity index (χ0) is 15.8. The van der Waals surface area contributed by atoms with Gasteiger partial charge in [-0.15, -0.1) is 0 Å². The minimum Gasteiger partial charge on any atom is -0.396 e. The summed E-state index contributed by atoms with van der Waals surface area (Å²) in [5, 5.41) is 9.76. The van der Waals surface area contributed by atoms with Gasteiger partial charge in [0.1, 0.15) is 0 Å². The first kappa shape index (κ1) is 16.8. The Morgan fingerprint density at radius 2 is 2.36 bits per heavy atom. The van der Waals surface area contributed by atoms with E-state index in [9.17, 15) is 9.90 Å². The quantitative estimate of drug-likeness (QED) is 0.815. The molecule has 0 saturated carbocycles. The standard InChI is InChI=1S/C16H25N3O3/c1-22-10-6-16(13-20)5-2-9-19(12-16)15(21)4-3-14-11-17-7-8-18-14/h7-8,11,20H,2-6,9-10,12-13H2,1H3/t16-/m0/s1. The van der Waals surface area contributed by atoms with Gasteiger partial charge in [-0.05, 0) is 25.7 Å². The topological polar surface area (TPSA) is 75.6 Å². The molecule has 1 aromatic rings. The summed E-state index contributed by atoms with van der Waals surface area (Å²) in [6.45, 7) is 2.10. The van der Waals surface area contributed by atoms with Crippen LogP contribution in [-0.2, 0) is 16.0 Å². The van der Waals surface area contributed by atoms with Gasteiger partial charge in [-0.3, -0.25) is 14.8 Å². The van der Waals surface area contributed by atoms with Crippen molar-refractivity contribution in [1.82, 2.24) is 14.9 Å². The number of likely N-dealkylation sites (tertiary alicyclic amines) is 1. The molecule has 6 nitrogen and oxygen atoms in total. The zero-order valence-electron chi connectivity index (χ0n) is 13.2. The highest BCUT2D eigenvalue weighted by Crippen LogP contribution is 2.33. The van der Waals surface area contributed by atoms with Crippen LogP contribution in [0.15, 0.2) is 18.6 Å². The molecule has 0 spiro atoms. The van der Waals surface area contributed by atoms with E-state index in [1.165, 1.54) is 0 Å². The highest BCUT2D eigenvalue weighted by atomic mass is 16.5. The van der Waals surface area contributed by atoms with Crippen molar-refractivity contribution in [2.24, 2.45) is 5.41 Å². The summed E-state index contributed by atoms with van der Waals surface area (Å²) in [4.78, 5) is 22.5. The van der Waals surface area contributed by atoms with E-state index in [-0.39, 0.29) is 17.9 Å². The smallest absolute Gasteiger partial charge is 0.222 e. The molecule has 1 aliphatic rings. The van der Waals surface area contributed by atoms with E-state index < -0.39 is 0 Å². The van der Waals surface area contributed by atoms with Crippen LogP contribution in [0.25, 0.3) is 0 Å². The Balaban J connectivity index is 1.89. The molecule has 22 heavy (non-hydrogen) atoms. The Kier molecular flexibility index (Phi) is 6.27. The fraction of sp³-hybridized carbons (Fsp3) is 0.688. The predicted octanol–water partition coefficient (Wildman–Crippen LogP) is 1.05. The third kappa shape index (κ3) is 4.48. The van der Waals surface area contributed by atoms with E-state index in [1.54, 1.807) is 25.7 Å². The third-order valence-electron chi connectivity index (χ3n) is 4.40. The first-order valence-corrected chi connectivity index (χ1v) is 7.81. The molecule has 2 rings (SSSR count). The number of aryl methyl sites for hydroxylation is 1. The summed E-state index contributed by atoms with van der Waals surface area (Å²) in [6, 6.07) is 0. The van der Waals surface area contributed by atoms with Crippen molar-refractivity contribution in [3.05, 3.63) is 24.3 Å². The third-order valence-corrected chi connectivity index (χ3v) is 4.40. The molecule has 1 atom stereocenters. The number of hydrogen-bond acceptors (Lipinski definition) is 5. The lowest BCUT2D eigenvalue weighted by Crippen LogP contribution is -2.48. The van der Waals surface area contributed by atoms with Crippen molar-refractivity contribution >= 4 is 5.91 Å². The van der Waals surface area contributed by atoms with Gasteiger partial charge in [0.15, 0.2) is 0 Å². The number of nitrogens with zero attached hydrogens (tertiary/aromatic N) is 3. The van der Waals surface area contributed by atoms with E-state index >= 15 is 0 Å². The average Bonchev–Trinajstić information content (AvgIpc) is 2.59. The molecule has 0 aliphatic carbocycles. The number of piperidine rings is 1. The highest BCUT2D eigenvalue weighted by Gasteiger charge is 2.36. The van der Waals surface area contributed by atoms with E-state index in [1.807, 2.05) is 4.90 Å². The molecule has 1 aliphatic heterocycles. The van der Waals surface area contributed by atoms with E-state index in [0.717, 1.165) is 31.5 Å². The van der Waals surface area contributed by atoms with Crippen LogP contribution >= 0.6 is 0 Å². The fourth-order valence-electron chi connectivity index (χ4n) is 3.00. The summed E-state index contributed by atoms with van der Waals surface area (Å²) in [5.41, 5.74) is 0.622. The summed E-state index contributed by atoms with van der Waals surface area (Å²) >= 11 is 0. The van der Waals surface area contributed by atoms with Crippen LogP contribution in [-0.4, -0.2) is 59.3 Å². The SMILES string of the molecule is COCC[C@@]1(CO)CCCN(C(=O)CCc2cnccn2)C1. The first-order valence-electron chi connectivity index (χ1n) is 7.81. The lowest BCUT2D eigenvalue weighted by molar-refractivity contribution is -0.136. The molecule has 1 amide bonds. The second-order valence-corrected chi connectivity index (χ2v) is 6.02. The molecule has 0 bridgehead atoms. The second-order valence-electron chi connectivity index (χ2n) is 6.02. The van der Waals surface area contributed by atoms with Crippen LogP contribution in [0, 0.1) is 5.41 Å². The molecule has 6 heteroatoms. The van der Waals surface area contributed by atoms with Gasteiger partial charge in [-0.25, -0.2) is 0 Å². The molecular formula is C16H25N3O3. The molecule has 0 radical (unpaired) electrons. The lowest BCUT2D eigenvalue weighted by Gasteiger charge is -2.42. The Hall–Kier alpha value is -1.53. The number of ether oxygens (including phenoxy) is 1. The molecule has 2 heterocycles. The summed E-state index contributed by atoms with van der Waals surface area (Å²) in [5.74, 6) is 0.126. The number of methoxy groups -OCH3 is 1. The van der Waals surface area contributed by atoms with Crippen LogP contribution < -0.4 is 0 Å². The molecule has 0 aromatic carbocycles. The van der Waals surface area contributed by atoms with Gasteiger partial charge in [0, 0.05) is 57.2 Å². The Morgan fingerprint density at radius 1 is 1.50 bits per heavy atom.